The number of pyridine rings is 1. The number of hydrogen-bond donors (Lipinski definition) is 3. The molecular formula is C23H19N5O3. The first-order valence-electron chi connectivity index (χ1n) is 9.95. The third-order valence-corrected chi connectivity index (χ3v) is 5.19. The molecule has 31 heavy (non-hydrogen) atoms. The number of aromatic amines is 1. The van der Waals surface area contributed by atoms with Gasteiger partial charge in [0.05, 0.1) is 16.9 Å². The minimum absolute atomic E-state index is 0.121. The lowest BCUT2D eigenvalue weighted by molar-refractivity contribution is 0.0972. The van der Waals surface area contributed by atoms with Crippen molar-refractivity contribution < 1.29 is 14.0 Å². The van der Waals surface area contributed by atoms with E-state index in [0.29, 0.717) is 17.8 Å². The standard InChI is InChI=1S/C23H19N5O3/c29-18-8-4-7-16-20(18)22(26-15-5-2-1-3-6-15)21(27-16)14-9-10-24-19(11-14)28-23(30)17-12-31-13-25-17/h1-3,5-6,9-13,26-27H,4,7-8H2,(H,24,28,30). The number of anilines is 3. The van der Waals surface area contributed by atoms with Crippen LogP contribution in [-0.4, -0.2) is 26.6 Å². The Morgan fingerprint density at radius 2 is 1.97 bits per heavy atom. The number of ketones is 1. The van der Waals surface area contributed by atoms with Crippen molar-refractivity contribution in [1.82, 2.24) is 15.0 Å². The van der Waals surface area contributed by atoms with Crippen LogP contribution in [0.1, 0.15) is 39.4 Å². The van der Waals surface area contributed by atoms with Crippen LogP contribution in [0.3, 0.4) is 0 Å². The summed E-state index contributed by atoms with van der Waals surface area (Å²) in [6, 6.07) is 13.3. The number of carbonyl (C=O) groups excluding carboxylic acids is 2. The van der Waals surface area contributed by atoms with Gasteiger partial charge in [0.25, 0.3) is 5.91 Å². The number of para-hydroxylation sites is 1. The number of fused-ring (bicyclic) bond motifs is 1. The quantitative estimate of drug-likeness (QED) is 0.441. The van der Waals surface area contributed by atoms with Gasteiger partial charge in [0.2, 0.25) is 0 Å². The Balaban J connectivity index is 1.54. The topological polar surface area (TPSA) is 113 Å². The lowest BCUT2D eigenvalue weighted by Gasteiger charge is -2.14. The van der Waals surface area contributed by atoms with Crippen molar-refractivity contribution in [3.8, 4) is 11.3 Å². The predicted molar refractivity (Wildman–Crippen MR) is 115 cm³/mol. The number of carbonyl (C=O) groups is 2. The predicted octanol–water partition coefficient (Wildman–Crippen LogP) is 4.58. The van der Waals surface area contributed by atoms with E-state index in [-0.39, 0.29) is 11.5 Å². The molecule has 0 unspecified atom stereocenters. The van der Waals surface area contributed by atoms with Crippen molar-refractivity contribution in [1.29, 1.82) is 0 Å². The summed E-state index contributed by atoms with van der Waals surface area (Å²) in [4.78, 5) is 36.5. The monoisotopic (exact) mass is 413 g/mol. The second-order valence-corrected chi connectivity index (χ2v) is 7.25. The highest BCUT2D eigenvalue weighted by Crippen LogP contribution is 2.39. The second-order valence-electron chi connectivity index (χ2n) is 7.25. The van der Waals surface area contributed by atoms with Crippen LogP contribution in [0.5, 0.6) is 0 Å². The molecule has 3 aromatic heterocycles. The number of benzene rings is 1. The summed E-state index contributed by atoms with van der Waals surface area (Å²) in [5.74, 6) is 0.0767. The first-order chi connectivity index (χ1) is 15.2. The highest BCUT2D eigenvalue weighted by Gasteiger charge is 2.27. The van der Waals surface area contributed by atoms with Gasteiger partial charge in [-0.05, 0) is 37.1 Å². The van der Waals surface area contributed by atoms with Crippen LogP contribution in [0.2, 0.25) is 0 Å². The molecule has 0 spiro atoms. The molecule has 0 saturated heterocycles. The van der Waals surface area contributed by atoms with E-state index in [2.05, 4.69) is 25.6 Å². The Kier molecular flexibility index (Phi) is 4.80. The summed E-state index contributed by atoms with van der Waals surface area (Å²) in [6.07, 6.45) is 6.24. The Hall–Kier alpha value is -4.20. The van der Waals surface area contributed by atoms with E-state index in [1.54, 1.807) is 12.3 Å². The van der Waals surface area contributed by atoms with Gasteiger partial charge < -0.3 is 20.0 Å². The van der Waals surface area contributed by atoms with Crippen LogP contribution < -0.4 is 10.6 Å². The smallest absolute Gasteiger partial charge is 0.278 e. The molecule has 4 aromatic rings. The molecule has 0 saturated carbocycles. The Bertz CT molecular complexity index is 1250. The number of rotatable bonds is 5. The molecule has 1 aromatic carbocycles. The van der Waals surface area contributed by atoms with Gasteiger partial charge in [0.15, 0.2) is 17.9 Å². The number of aromatic nitrogens is 3. The number of aryl methyl sites for hydroxylation is 1. The van der Waals surface area contributed by atoms with Crippen molar-refractivity contribution in [2.45, 2.75) is 19.3 Å². The van der Waals surface area contributed by atoms with E-state index in [1.807, 2.05) is 36.4 Å². The molecule has 8 heteroatoms. The highest BCUT2D eigenvalue weighted by molar-refractivity contribution is 6.07. The van der Waals surface area contributed by atoms with E-state index >= 15 is 0 Å². The third kappa shape index (κ3) is 3.71. The average Bonchev–Trinajstić information content (AvgIpc) is 3.44. The SMILES string of the molecule is O=C(Nc1cc(-c2[nH]c3c(c2Nc2ccccc2)C(=O)CCC3)ccn1)c1cocn1. The van der Waals surface area contributed by atoms with Crippen LogP contribution in [0.15, 0.2) is 65.7 Å². The molecule has 0 radical (unpaired) electrons. The van der Waals surface area contributed by atoms with Gasteiger partial charge >= 0.3 is 0 Å². The summed E-state index contributed by atoms with van der Waals surface area (Å²) in [5.41, 5.74) is 5.00. The molecule has 1 amide bonds. The number of H-pyrrole nitrogens is 1. The number of nitrogens with zero attached hydrogens (tertiary/aromatic N) is 2. The molecule has 0 fully saturated rings. The van der Waals surface area contributed by atoms with Gasteiger partial charge in [-0.25, -0.2) is 9.97 Å². The maximum atomic E-state index is 12.7. The second kappa shape index (κ2) is 7.91. The Morgan fingerprint density at radius 1 is 1.10 bits per heavy atom. The molecule has 0 aliphatic heterocycles. The van der Waals surface area contributed by atoms with E-state index in [9.17, 15) is 9.59 Å². The van der Waals surface area contributed by atoms with Gasteiger partial charge in [-0.2, -0.15) is 0 Å². The summed E-state index contributed by atoms with van der Waals surface area (Å²) >= 11 is 0. The zero-order chi connectivity index (χ0) is 21.2. The van der Waals surface area contributed by atoms with Crippen molar-refractivity contribution in [2.24, 2.45) is 0 Å². The minimum Gasteiger partial charge on any atom is -0.451 e. The van der Waals surface area contributed by atoms with Crippen LogP contribution >= 0.6 is 0 Å². The molecule has 3 heterocycles. The summed E-state index contributed by atoms with van der Waals surface area (Å²) in [6.45, 7) is 0. The number of Topliss-reactive ketones (excluding diaryl/α,β-unsaturated/α-hetero) is 1. The average molecular weight is 413 g/mol. The Morgan fingerprint density at radius 3 is 2.77 bits per heavy atom. The molecule has 154 valence electrons. The number of oxazole rings is 1. The minimum atomic E-state index is -0.415. The maximum Gasteiger partial charge on any atom is 0.278 e. The zero-order valence-electron chi connectivity index (χ0n) is 16.5. The van der Waals surface area contributed by atoms with Crippen LogP contribution in [0.25, 0.3) is 11.3 Å². The largest absolute Gasteiger partial charge is 0.451 e. The molecule has 3 N–H and O–H groups in total. The van der Waals surface area contributed by atoms with Crippen LogP contribution in [0, 0.1) is 0 Å². The van der Waals surface area contributed by atoms with Gasteiger partial charge in [-0.3, -0.25) is 9.59 Å². The van der Waals surface area contributed by atoms with Gasteiger partial charge in [0.1, 0.15) is 12.1 Å². The summed E-state index contributed by atoms with van der Waals surface area (Å²) in [5, 5.41) is 6.13. The van der Waals surface area contributed by atoms with E-state index < -0.39 is 5.91 Å². The zero-order valence-corrected chi connectivity index (χ0v) is 16.5. The van der Waals surface area contributed by atoms with Crippen molar-refractivity contribution in [3.05, 3.63) is 78.3 Å². The van der Waals surface area contributed by atoms with Gasteiger partial charge in [0, 0.05) is 29.6 Å². The fourth-order valence-electron chi connectivity index (χ4n) is 3.76. The molecule has 1 aliphatic carbocycles. The lowest BCUT2D eigenvalue weighted by Crippen LogP contribution is -2.13. The fraction of sp³-hybridized carbons (Fsp3) is 0.130. The van der Waals surface area contributed by atoms with Crippen molar-refractivity contribution in [2.75, 3.05) is 10.6 Å². The van der Waals surface area contributed by atoms with E-state index in [0.717, 1.165) is 41.2 Å². The van der Waals surface area contributed by atoms with Crippen molar-refractivity contribution >= 4 is 28.9 Å². The van der Waals surface area contributed by atoms with E-state index in [4.69, 9.17) is 4.42 Å². The molecule has 0 atom stereocenters. The number of amides is 1. The molecule has 8 nitrogen and oxygen atoms in total. The molecule has 5 rings (SSSR count). The molecule has 1 aliphatic rings. The number of hydrogen-bond acceptors (Lipinski definition) is 6. The van der Waals surface area contributed by atoms with E-state index in [1.165, 1.54) is 12.7 Å². The lowest BCUT2D eigenvalue weighted by atomic mass is 9.95. The normalized spacial score (nSPS) is 13.0. The fourth-order valence-corrected chi connectivity index (χ4v) is 3.76. The first kappa shape index (κ1) is 18.8. The van der Waals surface area contributed by atoms with Crippen molar-refractivity contribution in [3.63, 3.8) is 0 Å². The van der Waals surface area contributed by atoms with Gasteiger partial charge in [-0.15, -0.1) is 0 Å². The van der Waals surface area contributed by atoms with Crippen LogP contribution in [0.4, 0.5) is 17.2 Å². The molecular weight excluding hydrogens is 394 g/mol. The van der Waals surface area contributed by atoms with Gasteiger partial charge in [-0.1, -0.05) is 18.2 Å². The maximum absolute atomic E-state index is 12.7. The first-order valence-corrected chi connectivity index (χ1v) is 9.95. The number of nitrogens with one attached hydrogen (secondary N) is 3. The third-order valence-electron chi connectivity index (χ3n) is 5.19. The summed E-state index contributed by atoms with van der Waals surface area (Å²) in [7, 11) is 0. The highest BCUT2D eigenvalue weighted by atomic mass is 16.3. The summed E-state index contributed by atoms with van der Waals surface area (Å²) < 4.78 is 4.86. The Labute approximate surface area is 177 Å². The molecule has 0 bridgehead atoms. The van der Waals surface area contributed by atoms with Crippen LogP contribution in [-0.2, 0) is 6.42 Å².